The molecule has 0 aromatic heterocycles. The van der Waals surface area contributed by atoms with E-state index in [2.05, 4.69) is 19.2 Å². The van der Waals surface area contributed by atoms with Crippen LogP contribution < -0.4 is 10.1 Å². The van der Waals surface area contributed by atoms with Gasteiger partial charge >= 0.3 is 0 Å². The van der Waals surface area contributed by atoms with Crippen molar-refractivity contribution in [2.75, 3.05) is 0 Å². The van der Waals surface area contributed by atoms with Crippen molar-refractivity contribution in [2.24, 2.45) is 0 Å². The monoisotopic (exact) mass is 329 g/mol. The van der Waals surface area contributed by atoms with Crippen molar-refractivity contribution in [1.82, 2.24) is 5.32 Å². The van der Waals surface area contributed by atoms with Crippen molar-refractivity contribution in [3.63, 3.8) is 0 Å². The van der Waals surface area contributed by atoms with Crippen LogP contribution in [-0.2, 0) is 6.54 Å². The minimum atomic E-state index is 0.281. The van der Waals surface area contributed by atoms with Gasteiger partial charge in [-0.2, -0.15) is 0 Å². The molecule has 1 aromatic carbocycles. The molecule has 0 aliphatic heterocycles. The zero-order chi connectivity index (χ0) is 15.2. The largest absolute Gasteiger partial charge is 0.489 e. The Morgan fingerprint density at radius 3 is 2.43 bits per heavy atom. The van der Waals surface area contributed by atoms with Gasteiger partial charge in [-0.05, 0) is 37.8 Å². The van der Waals surface area contributed by atoms with Crippen LogP contribution in [0.2, 0.25) is 10.0 Å². The number of ether oxygens (including phenoxy) is 1. The summed E-state index contributed by atoms with van der Waals surface area (Å²) in [6.07, 6.45) is 7.65. The number of benzene rings is 1. The molecular weight excluding hydrogens is 305 g/mol. The summed E-state index contributed by atoms with van der Waals surface area (Å²) in [5.41, 5.74) is 1.05. The number of hydrogen-bond donors (Lipinski definition) is 1. The smallest absolute Gasteiger partial charge is 0.142 e. The van der Waals surface area contributed by atoms with Crippen molar-refractivity contribution >= 4 is 23.2 Å². The molecule has 0 saturated heterocycles. The summed E-state index contributed by atoms with van der Waals surface area (Å²) >= 11 is 12.5. The molecule has 21 heavy (non-hydrogen) atoms. The van der Waals surface area contributed by atoms with Gasteiger partial charge in [-0.1, -0.05) is 49.9 Å². The fourth-order valence-electron chi connectivity index (χ4n) is 2.72. The van der Waals surface area contributed by atoms with Crippen LogP contribution in [0.3, 0.4) is 0 Å². The molecule has 1 aliphatic rings. The van der Waals surface area contributed by atoms with Crippen LogP contribution in [0, 0.1) is 0 Å². The first-order valence-electron chi connectivity index (χ1n) is 7.94. The van der Waals surface area contributed by atoms with Gasteiger partial charge in [0.25, 0.3) is 0 Å². The second-order valence-corrected chi connectivity index (χ2v) is 6.99. The quantitative estimate of drug-likeness (QED) is 0.710. The third-order valence-electron chi connectivity index (χ3n) is 3.87. The van der Waals surface area contributed by atoms with Gasteiger partial charge in [0.15, 0.2) is 0 Å². The summed E-state index contributed by atoms with van der Waals surface area (Å²) in [6.45, 7) is 4.97. The highest BCUT2D eigenvalue weighted by Gasteiger charge is 2.18. The van der Waals surface area contributed by atoms with E-state index in [1.54, 1.807) is 6.07 Å². The number of nitrogens with one attached hydrogen (secondary N) is 1. The summed E-state index contributed by atoms with van der Waals surface area (Å²) in [6, 6.07) is 4.14. The van der Waals surface area contributed by atoms with E-state index in [0.29, 0.717) is 16.1 Å². The Labute approximate surface area is 138 Å². The lowest BCUT2D eigenvalue weighted by Gasteiger charge is -2.21. The van der Waals surface area contributed by atoms with Crippen LogP contribution in [0.25, 0.3) is 0 Å². The van der Waals surface area contributed by atoms with Gasteiger partial charge in [-0.25, -0.2) is 0 Å². The molecule has 0 unspecified atom stereocenters. The van der Waals surface area contributed by atoms with E-state index >= 15 is 0 Å². The predicted octanol–water partition coefficient (Wildman–Crippen LogP) is 5.59. The second-order valence-electron chi connectivity index (χ2n) is 6.14. The van der Waals surface area contributed by atoms with Gasteiger partial charge in [0.1, 0.15) is 5.75 Å². The van der Waals surface area contributed by atoms with E-state index in [1.807, 2.05) is 6.07 Å². The van der Waals surface area contributed by atoms with E-state index in [4.69, 9.17) is 27.9 Å². The third kappa shape index (κ3) is 5.36. The molecule has 1 aliphatic carbocycles. The van der Waals surface area contributed by atoms with E-state index in [1.165, 1.54) is 25.7 Å². The molecule has 0 radical (unpaired) electrons. The van der Waals surface area contributed by atoms with Gasteiger partial charge in [-0.15, -0.1) is 0 Å². The molecule has 1 fully saturated rings. The lowest BCUT2D eigenvalue weighted by atomic mass is 10.1. The van der Waals surface area contributed by atoms with Crippen LogP contribution in [0.1, 0.15) is 57.9 Å². The second kappa shape index (κ2) is 8.26. The lowest BCUT2D eigenvalue weighted by molar-refractivity contribution is 0.181. The normalized spacial score (nSPS) is 17.0. The number of rotatable bonds is 5. The average Bonchev–Trinajstić information content (AvgIpc) is 2.68. The van der Waals surface area contributed by atoms with Gasteiger partial charge < -0.3 is 10.1 Å². The molecule has 0 bridgehead atoms. The minimum absolute atomic E-state index is 0.281. The van der Waals surface area contributed by atoms with E-state index in [-0.39, 0.29) is 6.10 Å². The molecule has 118 valence electrons. The molecule has 1 aromatic rings. The molecule has 4 heteroatoms. The zero-order valence-corrected chi connectivity index (χ0v) is 14.4. The Bertz CT molecular complexity index is 454. The Hall–Kier alpha value is -0.440. The first kappa shape index (κ1) is 16.9. The maximum atomic E-state index is 6.37. The summed E-state index contributed by atoms with van der Waals surface area (Å²) in [5.74, 6) is 0.807. The van der Waals surface area contributed by atoms with Gasteiger partial charge in [0.2, 0.25) is 0 Å². The molecule has 0 heterocycles. The molecule has 1 saturated carbocycles. The van der Waals surface area contributed by atoms with Crippen LogP contribution in [0.4, 0.5) is 0 Å². The minimum Gasteiger partial charge on any atom is -0.489 e. The van der Waals surface area contributed by atoms with Crippen LogP contribution in [-0.4, -0.2) is 12.1 Å². The predicted molar refractivity (Wildman–Crippen MR) is 90.6 cm³/mol. The fraction of sp³-hybridized carbons (Fsp3) is 0.647. The van der Waals surface area contributed by atoms with Crippen molar-refractivity contribution < 1.29 is 4.74 Å². The van der Waals surface area contributed by atoms with Gasteiger partial charge in [0, 0.05) is 23.2 Å². The van der Waals surface area contributed by atoms with Crippen LogP contribution in [0.15, 0.2) is 12.1 Å². The highest BCUT2D eigenvalue weighted by Crippen LogP contribution is 2.35. The topological polar surface area (TPSA) is 21.3 Å². The maximum Gasteiger partial charge on any atom is 0.142 e. The van der Waals surface area contributed by atoms with Crippen LogP contribution >= 0.6 is 23.2 Å². The lowest BCUT2D eigenvalue weighted by Crippen LogP contribution is -2.23. The average molecular weight is 330 g/mol. The van der Waals surface area contributed by atoms with Gasteiger partial charge in [0.05, 0.1) is 11.1 Å². The first-order valence-corrected chi connectivity index (χ1v) is 8.70. The fourth-order valence-corrected chi connectivity index (χ4v) is 3.30. The molecule has 0 atom stereocenters. The summed E-state index contributed by atoms with van der Waals surface area (Å²) < 4.78 is 6.25. The highest BCUT2D eigenvalue weighted by molar-refractivity contribution is 6.35. The molecule has 2 rings (SSSR count). The maximum absolute atomic E-state index is 6.37. The van der Waals surface area contributed by atoms with E-state index < -0.39 is 0 Å². The Morgan fingerprint density at radius 2 is 1.81 bits per heavy atom. The van der Waals surface area contributed by atoms with Crippen molar-refractivity contribution in [1.29, 1.82) is 0 Å². The summed E-state index contributed by atoms with van der Waals surface area (Å²) in [5, 5.41) is 4.69. The standard InChI is InChI=1S/C17H25Cl2NO/c1-12(2)20-11-13-9-14(18)10-16(19)17(13)21-15-7-5-3-4-6-8-15/h9-10,12,15,20H,3-8,11H2,1-2H3. The van der Waals surface area contributed by atoms with Crippen molar-refractivity contribution in [3.05, 3.63) is 27.7 Å². The highest BCUT2D eigenvalue weighted by atomic mass is 35.5. The van der Waals surface area contributed by atoms with E-state index in [9.17, 15) is 0 Å². The Kier molecular flexibility index (Phi) is 6.66. The van der Waals surface area contributed by atoms with Crippen molar-refractivity contribution in [2.45, 2.75) is 71.1 Å². The van der Waals surface area contributed by atoms with E-state index in [0.717, 1.165) is 30.7 Å². The first-order chi connectivity index (χ1) is 10.1. The Balaban J connectivity index is 2.15. The van der Waals surface area contributed by atoms with Crippen molar-refractivity contribution in [3.8, 4) is 5.75 Å². The summed E-state index contributed by atoms with van der Waals surface area (Å²) in [4.78, 5) is 0. The summed E-state index contributed by atoms with van der Waals surface area (Å²) in [7, 11) is 0. The molecule has 1 N–H and O–H groups in total. The molecule has 0 spiro atoms. The molecule has 0 amide bonds. The van der Waals surface area contributed by atoms with Crippen LogP contribution in [0.5, 0.6) is 5.75 Å². The molecule has 2 nitrogen and oxygen atoms in total. The SMILES string of the molecule is CC(C)NCc1cc(Cl)cc(Cl)c1OC1CCCCCC1. The Morgan fingerprint density at radius 1 is 1.14 bits per heavy atom. The van der Waals surface area contributed by atoms with Gasteiger partial charge in [-0.3, -0.25) is 0 Å². The zero-order valence-electron chi connectivity index (χ0n) is 12.9. The molecular formula is C17H25Cl2NO. The number of hydrogen-bond acceptors (Lipinski definition) is 2. The third-order valence-corrected chi connectivity index (χ3v) is 4.37. The number of halogens is 2.